The molecule has 1 fully saturated rings. The van der Waals surface area contributed by atoms with Crippen molar-refractivity contribution in [2.75, 3.05) is 0 Å². The molecular weight excluding hydrogens is 190 g/mol. The van der Waals surface area contributed by atoms with Crippen molar-refractivity contribution < 1.29 is 5.11 Å². The zero-order chi connectivity index (χ0) is 10.5. The van der Waals surface area contributed by atoms with Gasteiger partial charge in [-0.2, -0.15) is 0 Å². The van der Waals surface area contributed by atoms with E-state index < -0.39 is 5.54 Å². The van der Waals surface area contributed by atoms with Crippen LogP contribution in [0.1, 0.15) is 18.5 Å². The molecule has 2 aromatic rings. The van der Waals surface area contributed by atoms with Crippen molar-refractivity contribution in [1.29, 1.82) is 0 Å². The second-order valence-electron chi connectivity index (χ2n) is 4.31. The Kier molecular flexibility index (Phi) is 1.66. The Hall–Kier alpha value is -1.39. The highest BCUT2D eigenvalue weighted by molar-refractivity contribution is 5.41. The van der Waals surface area contributed by atoms with Gasteiger partial charge in [0.05, 0.1) is 17.3 Å². The van der Waals surface area contributed by atoms with Crippen LogP contribution in [0.3, 0.4) is 0 Å². The van der Waals surface area contributed by atoms with Gasteiger partial charge in [0.2, 0.25) is 0 Å². The van der Waals surface area contributed by atoms with Crippen LogP contribution in [0.4, 0.5) is 0 Å². The van der Waals surface area contributed by atoms with Gasteiger partial charge in [-0.05, 0) is 25.0 Å². The molecule has 0 spiro atoms. The molecule has 3 N–H and O–H groups in total. The standard InChI is InChI=1S/C11H13N3O/c12-11(5-8(15)6-11)9-7-14-4-2-1-3-10(14)13-9/h1-4,7-8,15H,5-6,12H2. The minimum absolute atomic E-state index is 0.264. The molecule has 0 aromatic carbocycles. The molecule has 4 heteroatoms. The quantitative estimate of drug-likeness (QED) is 0.715. The van der Waals surface area contributed by atoms with Gasteiger partial charge < -0.3 is 15.2 Å². The van der Waals surface area contributed by atoms with Crippen LogP contribution in [0.2, 0.25) is 0 Å². The number of aliphatic hydroxyl groups excluding tert-OH is 1. The predicted octanol–water partition coefficient (Wildman–Crippen LogP) is 0.643. The third kappa shape index (κ3) is 1.26. The summed E-state index contributed by atoms with van der Waals surface area (Å²) in [5.74, 6) is 0. The van der Waals surface area contributed by atoms with Gasteiger partial charge in [-0.15, -0.1) is 0 Å². The molecule has 0 unspecified atom stereocenters. The van der Waals surface area contributed by atoms with E-state index in [1.807, 2.05) is 35.0 Å². The van der Waals surface area contributed by atoms with E-state index in [2.05, 4.69) is 4.98 Å². The van der Waals surface area contributed by atoms with Crippen molar-refractivity contribution in [2.24, 2.45) is 5.73 Å². The van der Waals surface area contributed by atoms with Gasteiger partial charge in [-0.3, -0.25) is 0 Å². The molecular formula is C11H13N3O. The normalized spacial score (nSPS) is 30.4. The van der Waals surface area contributed by atoms with Crippen molar-refractivity contribution in [2.45, 2.75) is 24.5 Å². The largest absolute Gasteiger partial charge is 0.393 e. The number of pyridine rings is 1. The summed E-state index contributed by atoms with van der Waals surface area (Å²) in [7, 11) is 0. The Balaban J connectivity index is 2.05. The molecule has 2 heterocycles. The highest BCUT2D eigenvalue weighted by Gasteiger charge is 2.43. The lowest BCUT2D eigenvalue weighted by atomic mass is 9.73. The Bertz CT molecular complexity index is 466. The SMILES string of the molecule is NC1(c2cn3ccccc3n2)CC(O)C1. The van der Waals surface area contributed by atoms with Crippen LogP contribution in [0.25, 0.3) is 5.65 Å². The molecule has 0 radical (unpaired) electrons. The molecule has 0 amide bonds. The lowest BCUT2D eigenvalue weighted by Crippen LogP contribution is -2.51. The zero-order valence-corrected chi connectivity index (χ0v) is 8.30. The summed E-state index contributed by atoms with van der Waals surface area (Å²) >= 11 is 0. The Morgan fingerprint density at radius 1 is 1.47 bits per heavy atom. The second kappa shape index (κ2) is 2.81. The highest BCUT2D eigenvalue weighted by Crippen LogP contribution is 2.38. The average molecular weight is 203 g/mol. The molecule has 0 saturated heterocycles. The number of hydrogen-bond donors (Lipinski definition) is 2. The number of nitrogens with zero attached hydrogens (tertiary/aromatic N) is 2. The van der Waals surface area contributed by atoms with Gasteiger partial charge in [0, 0.05) is 12.4 Å². The maximum absolute atomic E-state index is 9.31. The smallest absolute Gasteiger partial charge is 0.137 e. The topological polar surface area (TPSA) is 63.5 Å². The third-order valence-electron chi connectivity index (χ3n) is 3.07. The number of rotatable bonds is 1. The van der Waals surface area contributed by atoms with Crippen molar-refractivity contribution in [1.82, 2.24) is 9.38 Å². The fourth-order valence-electron chi connectivity index (χ4n) is 2.16. The lowest BCUT2D eigenvalue weighted by molar-refractivity contribution is 0.0191. The Labute approximate surface area is 87.4 Å². The molecule has 1 aliphatic carbocycles. The first-order valence-electron chi connectivity index (χ1n) is 5.09. The minimum atomic E-state index is -0.425. The molecule has 15 heavy (non-hydrogen) atoms. The third-order valence-corrected chi connectivity index (χ3v) is 3.07. The van der Waals surface area contributed by atoms with E-state index in [0.29, 0.717) is 12.8 Å². The number of hydrogen-bond acceptors (Lipinski definition) is 3. The summed E-state index contributed by atoms with van der Waals surface area (Å²) in [4.78, 5) is 4.47. The van der Waals surface area contributed by atoms with Crippen LogP contribution >= 0.6 is 0 Å². The van der Waals surface area contributed by atoms with Crippen molar-refractivity contribution in [3.8, 4) is 0 Å². The van der Waals surface area contributed by atoms with Gasteiger partial charge in [-0.1, -0.05) is 6.07 Å². The summed E-state index contributed by atoms with van der Waals surface area (Å²) in [5, 5.41) is 9.31. The lowest BCUT2D eigenvalue weighted by Gasteiger charge is -2.40. The van der Waals surface area contributed by atoms with Crippen LogP contribution in [0.5, 0.6) is 0 Å². The average Bonchev–Trinajstić information content (AvgIpc) is 2.59. The first kappa shape index (κ1) is 8.88. The van der Waals surface area contributed by atoms with Crippen LogP contribution in [-0.2, 0) is 5.54 Å². The van der Waals surface area contributed by atoms with Crippen LogP contribution in [0, 0.1) is 0 Å². The zero-order valence-electron chi connectivity index (χ0n) is 8.30. The summed E-state index contributed by atoms with van der Waals surface area (Å²) in [6, 6.07) is 5.85. The van der Waals surface area contributed by atoms with E-state index in [1.54, 1.807) is 0 Å². The van der Waals surface area contributed by atoms with Crippen LogP contribution < -0.4 is 5.73 Å². The molecule has 78 valence electrons. The van der Waals surface area contributed by atoms with Crippen molar-refractivity contribution >= 4 is 5.65 Å². The fourth-order valence-corrected chi connectivity index (χ4v) is 2.16. The Morgan fingerprint density at radius 3 is 2.93 bits per heavy atom. The number of fused-ring (bicyclic) bond motifs is 1. The molecule has 3 rings (SSSR count). The summed E-state index contributed by atoms with van der Waals surface area (Å²) in [6.07, 6.45) is 4.85. The van der Waals surface area contributed by atoms with E-state index in [0.717, 1.165) is 11.3 Å². The van der Waals surface area contributed by atoms with E-state index >= 15 is 0 Å². The molecule has 1 saturated carbocycles. The van der Waals surface area contributed by atoms with E-state index in [9.17, 15) is 5.11 Å². The van der Waals surface area contributed by atoms with Gasteiger partial charge in [0.25, 0.3) is 0 Å². The minimum Gasteiger partial charge on any atom is -0.393 e. The maximum atomic E-state index is 9.31. The number of imidazole rings is 1. The maximum Gasteiger partial charge on any atom is 0.137 e. The van der Waals surface area contributed by atoms with Gasteiger partial charge in [0.15, 0.2) is 0 Å². The second-order valence-corrected chi connectivity index (χ2v) is 4.31. The van der Waals surface area contributed by atoms with Gasteiger partial charge in [0.1, 0.15) is 5.65 Å². The van der Waals surface area contributed by atoms with Gasteiger partial charge >= 0.3 is 0 Å². The number of aromatic nitrogens is 2. The van der Waals surface area contributed by atoms with E-state index in [-0.39, 0.29) is 6.10 Å². The first-order chi connectivity index (χ1) is 7.17. The van der Waals surface area contributed by atoms with E-state index in [4.69, 9.17) is 5.73 Å². The molecule has 2 aromatic heterocycles. The van der Waals surface area contributed by atoms with Crippen LogP contribution in [0.15, 0.2) is 30.6 Å². The van der Waals surface area contributed by atoms with E-state index in [1.165, 1.54) is 0 Å². The molecule has 4 nitrogen and oxygen atoms in total. The summed E-state index contributed by atoms with van der Waals surface area (Å²) in [5.41, 5.74) is 7.49. The number of aliphatic hydroxyl groups is 1. The molecule has 0 aliphatic heterocycles. The van der Waals surface area contributed by atoms with Crippen molar-refractivity contribution in [3.63, 3.8) is 0 Å². The monoisotopic (exact) mass is 203 g/mol. The molecule has 0 bridgehead atoms. The molecule has 1 aliphatic rings. The predicted molar refractivity (Wildman–Crippen MR) is 56.3 cm³/mol. The Morgan fingerprint density at radius 2 is 2.27 bits per heavy atom. The van der Waals surface area contributed by atoms with Gasteiger partial charge in [-0.25, -0.2) is 4.98 Å². The number of nitrogens with two attached hydrogens (primary N) is 1. The molecule has 0 atom stereocenters. The highest BCUT2D eigenvalue weighted by atomic mass is 16.3. The summed E-state index contributed by atoms with van der Waals surface area (Å²) in [6.45, 7) is 0. The van der Waals surface area contributed by atoms with Crippen LogP contribution in [-0.4, -0.2) is 20.6 Å². The fraction of sp³-hybridized carbons (Fsp3) is 0.364. The first-order valence-corrected chi connectivity index (χ1v) is 5.09. The van der Waals surface area contributed by atoms with Crippen molar-refractivity contribution in [3.05, 3.63) is 36.3 Å². The summed E-state index contributed by atoms with van der Waals surface area (Å²) < 4.78 is 1.95.